The monoisotopic (exact) mass is 551 g/mol. The number of aliphatic hydroxyl groups excluding tert-OH is 1. The highest BCUT2D eigenvalue weighted by Gasteiger charge is 2.12. The quantitative estimate of drug-likeness (QED) is 0.244. The first kappa shape index (κ1) is 20.6. The number of nitrogens with one attached hydrogen (secondary N) is 2. The molecule has 0 saturated heterocycles. The first-order valence-electron chi connectivity index (χ1n) is 7.51. The van der Waals surface area contributed by atoms with Crippen LogP contribution in [0.2, 0.25) is 0 Å². The van der Waals surface area contributed by atoms with E-state index >= 15 is 0 Å². The van der Waals surface area contributed by atoms with Crippen molar-refractivity contribution >= 4 is 78.6 Å². The lowest BCUT2D eigenvalue weighted by Gasteiger charge is -2.14. The third-order valence-electron chi connectivity index (χ3n) is 3.52. The van der Waals surface area contributed by atoms with Crippen molar-refractivity contribution in [3.8, 4) is 0 Å². The zero-order chi connectivity index (χ0) is 16.9. The van der Waals surface area contributed by atoms with Crippen LogP contribution in [-0.2, 0) is 6.54 Å². The average molecular weight is 552 g/mol. The van der Waals surface area contributed by atoms with Crippen LogP contribution < -0.4 is 10.6 Å². The number of aliphatic imine (C=N–C) groups is 1. The molecular formula is C17H19BrIN3OS2. The molecule has 3 rings (SSSR count). The van der Waals surface area contributed by atoms with Gasteiger partial charge in [0, 0.05) is 28.0 Å². The molecule has 2 heterocycles. The fourth-order valence-electron chi connectivity index (χ4n) is 2.30. The highest BCUT2D eigenvalue weighted by molar-refractivity contribution is 14.0. The first-order valence-corrected chi connectivity index (χ1v) is 9.93. The number of rotatable bonds is 5. The largest absolute Gasteiger partial charge is 0.386 e. The number of thiophene rings is 2. The summed E-state index contributed by atoms with van der Waals surface area (Å²) in [6, 6.07) is 14.3. The van der Waals surface area contributed by atoms with E-state index in [-0.39, 0.29) is 24.0 Å². The molecule has 0 saturated carbocycles. The molecule has 0 aliphatic carbocycles. The number of fused-ring (bicyclic) bond motifs is 1. The van der Waals surface area contributed by atoms with Gasteiger partial charge in [-0.15, -0.1) is 46.7 Å². The molecule has 0 aliphatic heterocycles. The van der Waals surface area contributed by atoms with Crippen molar-refractivity contribution in [2.75, 3.05) is 13.6 Å². The van der Waals surface area contributed by atoms with Gasteiger partial charge in [-0.25, -0.2) is 0 Å². The van der Waals surface area contributed by atoms with Gasteiger partial charge in [0.05, 0.1) is 10.3 Å². The molecule has 0 radical (unpaired) electrons. The van der Waals surface area contributed by atoms with Crippen LogP contribution in [0.25, 0.3) is 10.1 Å². The maximum Gasteiger partial charge on any atom is 0.191 e. The molecule has 4 nitrogen and oxygen atoms in total. The van der Waals surface area contributed by atoms with Crippen molar-refractivity contribution < 1.29 is 5.11 Å². The summed E-state index contributed by atoms with van der Waals surface area (Å²) in [6.45, 7) is 1.12. The Morgan fingerprint density at radius 2 is 2.00 bits per heavy atom. The summed E-state index contributed by atoms with van der Waals surface area (Å²) in [6.07, 6.45) is -0.558. The number of guanidine groups is 1. The van der Waals surface area contributed by atoms with Crippen LogP contribution in [0.15, 0.2) is 51.2 Å². The summed E-state index contributed by atoms with van der Waals surface area (Å²) in [5.41, 5.74) is 0. The van der Waals surface area contributed by atoms with Gasteiger partial charge in [0.2, 0.25) is 0 Å². The molecule has 0 aliphatic rings. The maximum atomic E-state index is 10.4. The van der Waals surface area contributed by atoms with Gasteiger partial charge >= 0.3 is 0 Å². The Labute approximate surface area is 180 Å². The third kappa shape index (κ3) is 5.65. The van der Waals surface area contributed by atoms with Crippen LogP contribution in [-0.4, -0.2) is 24.7 Å². The Balaban J connectivity index is 0.00000225. The number of hydrogen-bond acceptors (Lipinski definition) is 4. The normalized spacial score (nSPS) is 12.7. The Hall–Kier alpha value is -0.680. The molecule has 2 aromatic heterocycles. The zero-order valence-electron chi connectivity index (χ0n) is 13.5. The van der Waals surface area contributed by atoms with Gasteiger partial charge in [0.25, 0.3) is 0 Å². The van der Waals surface area contributed by atoms with E-state index < -0.39 is 6.10 Å². The molecule has 3 aromatic rings. The van der Waals surface area contributed by atoms with Crippen molar-refractivity contribution in [3.63, 3.8) is 0 Å². The molecule has 8 heteroatoms. The van der Waals surface area contributed by atoms with Crippen LogP contribution in [0.1, 0.15) is 15.9 Å². The summed E-state index contributed by atoms with van der Waals surface area (Å²) >= 11 is 6.77. The highest BCUT2D eigenvalue weighted by atomic mass is 127. The predicted octanol–water partition coefficient (Wildman–Crippen LogP) is 4.74. The van der Waals surface area contributed by atoms with Gasteiger partial charge in [0.15, 0.2) is 5.96 Å². The first-order chi connectivity index (χ1) is 11.7. The summed E-state index contributed by atoms with van der Waals surface area (Å²) in [7, 11) is 1.73. The Morgan fingerprint density at radius 3 is 2.68 bits per heavy atom. The predicted molar refractivity (Wildman–Crippen MR) is 122 cm³/mol. The maximum absolute atomic E-state index is 10.4. The molecule has 134 valence electrons. The molecular weight excluding hydrogens is 533 g/mol. The lowest BCUT2D eigenvalue weighted by molar-refractivity contribution is 0.184. The SMILES string of the molecule is CN=C(NCc1ccc(Br)s1)NCC(O)c1cc2ccccc2s1.I. The minimum Gasteiger partial charge on any atom is -0.386 e. The number of hydrogen-bond donors (Lipinski definition) is 3. The van der Waals surface area contributed by atoms with Crippen LogP contribution in [0, 0.1) is 0 Å². The smallest absolute Gasteiger partial charge is 0.191 e. The molecule has 0 spiro atoms. The Bertz CT molecular complexity index is 816. The fraction of sp³-hybridized carbons (Fsp3) is 0.235. The molecule has 1 atom stereocenters. The van der Waals surface area contributed by atoms with E-state index in [1.807, 2.05) is 24.3 Å². The second-order valence-electron chi connectivity index (χ2n) is 5.21. The Kier molecular flexibility index (Phi) is 8.14. The van der Waals surface area contributed by atoms with Crippen molar-refractivity contribution in [2.45, 2.75) is 12.6 Å². The summed E-state index contributed by atoms with van der Waals surface area (Å²) < 4.78 is 2.31. The fourth-order valence-corrected chi connectivity index (χ4v) is 4.77. The Morgan fingerprint density at radius 1 is 1.20 bits per heavy atom. The molecule has 0 bridgehead atoms. The number of aliphatic hydroxyl groups is 1. The zero-order valence-corrected chi connectivity index (χ0v) is 19.1. The molecule has 25 heavy (non-hydrogen) atoms. The molecule has 0 fully saturated rings. The molecule has 3 N–H and O–H groups in total. The van der Waals surface area contributed by atoms with Crippen molar-refractivity contribution in [1.82, 2.24) is 10.6 Å². The van der Waals surface area contributed by atoms with Crippen molar-refractivity contribution in [3.05, 3.63) is 56.0 Å². The van der Waals surface area contributed by atoms with Gasteiger partial charge in [0.1, 0.15) is 6.10 Å². The summed E-state index contributed by atoms with van der Waals surface area (Å²) in [5.74, 6) is 0.680. The van der Waals surface area contributed by atoms with Gasteiger partial charge in [-0.2, -0.15) is 0 Å². The van der Waals surface area contributed by atoms with Crippen LogP contribution >= 0.6 is 62.6 Å². The van der Waals surface area contributed by atoms with E-state index in [0.717, 1.165) is 8.66 Å². The van der Waals surface area contributed by atoms with E-state index in [2.05, 4.69) is 49.8 Å². The summed E-state index contributed by atoms with van der Waals surface area (Å²) in [4.78, 5) is 6.37. The van der Waals surface area contributed by atoms with E-state index in [9.17, 15) is 5.11 Å². The lowest BCUT2D eigenvalue weighted by atomic mass is 10.2. The number of halogens is 2. The highest BCUT2D eigenvalue weighted by Crippen LogP contribution is 2.29. The minimum atomic E-state index is -0.558. The van der Waals surface area contributed by atoms with E-state index in [1.165, 1.54) is 15.0 Å². The van der Waals surface area contributed by atoms with Gasteiger partial charge in [-0.3, -0.25) is 4.99 Å². The van der Waals surface area contributed by atoms with Crippen LogP contribution in [0.5, 0.6) is 0 Å². The average Bonchev–Trinajstić information content (AvgIpc) is 3.20. The van der Waals surface area contributed by atoms with Gasteiger partial charge in [-0.05, 0) is 45.6 Å². The topological polar surface area (TPSA) is 56.7 Å². The number of nitrogens with zero attached hydrogens (tertiary/aromatic N) is 1. The van der Waals surface area contributed by atoms with E-state index in [0.29, 0.717) is 19.0 Å². The standard InChI is InChI=1S/C17H18BrN3OS2.HI/c1-19-17(20-9-12-6-7-16(18)23-12)21-10-13(22)15-8-11-4-2-3-5-14(11)24-15;/h2-8,13,22H,9-10H2,1H3,(H2,19,20,21);1H. The number of benzene rings is 1. The van der Waals surface area contributed by atoms with Gasteiger partial charge in [-0.1, -0.05) is 18.2 Å². The van der Waals surface area contributed by atoms with E-state index in [1.54, 1.807) is 29.7 Å². The minimum absolute atomic E-state index is 0. The lowest BCUT2D eigenvalue weighted by Crippen LogP contribution is -2.38. The van der Waals surface area contributed by atoms with Crippen LogP contribution in [0.3, 0.4) is 0 Å². The second-order valence-corrected chi connectivity index (χ2v) is 8.88. The third-order valence-corrected chi connectivity index (χ3v) is 6.36. The van der Waals surface area contributed by atoms with Crippen LogP contribution in [0.4, 0.5) is 0 Å². The van der Waals surface area contributed by atoms with Crippen molar-refractivity contribution in [2.24, 2.45) is 4.99 Å². The molecule has 0 amide bonds. The van der Waals surface area contributed by atoms with E-state index in [4.69, 9.17) is 0 Å². The van der Waals surface area contributed by atoms with Gasteiger partial charge < -0.3 is 15.7 Å². The second kappa shape index (κ2) is 9.86. The molecule has 1 aromatic carbocycles. The van der Waals surface area contributed by atoms with Crippen molar-refractivity contribution in [1.29, 1.82) is 0 Å². The molecule has 1 unspecified atom stereocenters. The summed E-state index contributed by atoms with van der Waals surface area (Å²) in [5, 5.41) is 18.0.